The summed E-state index contributed by atoms with van der Waals surface area (Å²) >= 11 is 17.8. The molecule has 0 aliphatic carbocycles. The Morgan fingerprint density at radius 3 is 2.38 bits per heavy atom. The second kappa shape index (κ2) is 7.66. The lowest BCUT2D eigenvalue weighted by Crippen LogP contribution is -2.51. The topological polar surface area (TPSA) is 66.9 Å². The van der Waals surface area contributed by atoms with Crippen molar-refractivity contribution in [3.8, 4) is 5.75 Å². The van der Waals surface area contributed by atoms with E-state index in [9.17, 15) is 13.2 Å². The molecule has 0 N–H and O–H groups in total. The Morgan fingerprint density at radius 2 is 1.83 bits per heavy atom. The summed E-state index contributed by atoms with van der Waals surface area (Å²) in [4.78, 5) is 12.5. The lowest BCUT2D eigenvalue weighted by molar-refractivity contribution is -0.151. The lowest BCUT2D eigenvalue weighted by atomic mass is 10.2. The number of benzene rings is 1. The Balaban J connectivity index is 2.08. The molecule has 24 heavy (non-hydrogen) atoms. The van der Waals surface area contributed by atoms with Crippen LogP contribution >= 0.6 is 34.8 Å². The number of sulfone groups is 1. The highest BCUT2D eigenvalue weighted by Crippen LogP contribution is 2.33. The van der Waals surface area contributed by atoms with Crippen LogP contribution in [0, 0.1) is 0 Å². The Labute approximate surface area is 156 Å². The zero-order chi connectivity index (χ0) is 18.1. The molecule has 2 rings (SSSR count). The molecule has 1 aliphatic rings. The Hall–Kier alpha value is -0.730. The Kier molecular flexibility index (Phi) is 6.25. The molecule has 1 aliphatic heterocycles. The average molecular weight is 416 g/mol. The number of rotatable bonds is 5. The van der Waals surface area contributed by atoms with E-state index in [1.54, 1.807) is 19.1 Å². The highest BCUT2D eigenvalue weighted by molar-refractivity contribution is 7.91. The van der Waals surface area contributed by atoms with Gasteiger partial charge in [-0.2, -0.15) is 0 Å². The molecule has 1 fully saturated rings. The highest BCUT2D eigenvalue weighted by atomic mass is 35.5. The van der Waals surface area contributed by atoms with Crippen molar-refractivity contribution in [1.29, 1.82) is 0 Å². The molecule has 0 saturated carbocycles. The van der Waals surface area contributed by atoms with Crippen molar-refractivity contribution >= 4 is 50.5 Å². The summed E-state index contributed by atoms with van der Waals surface area (Å²) in [5.41, 5.74) is 0. The Bertz CT molecular complexity index is 740. The first-order valence-electron chi connectivity index (χ1n) is 7.08. The molecule has 0 unspecified atom stereocenters. The monoisotopic (exact) mass is 414 g/mol. The molecule has 0 bridgehead atoms. The molecule has 1 heterocycles. The molecule has 134 valence electrons. The number of hydrazine groups is 1. The van der Waals surface area contributed by atoms with E-state index in [4.69, 9.17) is 39.5 Å². The SMILES string of the molecule is CN(C)N(C(=O)COc1cc(Cl)c(Cl)cc1Cl)[C@@H]1CCS(=O)(=O)C1. The Morgan fingerprint density at radius 1 is 1.21 bits per heavy atom. The van der Waals surface area contributed by atoms with Crippen LogP contribution in [0.5, 0.6) is 5.75 Å². The molecule has 1 atom stereocenters. The fourth-order valence-corrected chi connectivity index (χ4v) is 4.83. The van der Waals surface area contributed by atoms with Crippen LogP contribution < -0.4 is 4.74 Å². The quantitative estimate of drug-likeness (QED) is 0.546. The minimum absolute atomic E-state index is 0.0511. The van der Waals surface area contributed by atoms with E-state index < -0.39 is 15.9 Å². The first-order chi connectivity index (χ1) is 11.1. The van der Waals surface area contributed by atoms with E-state index >= 15 is 0 Å². The van der Waals surface area contributed by atoms with Gasteiger partial charge >= 0.3 is 0 Å². The maximum atomic E-state index is 12.5. The summed E-state index contributed by atoms with van der Waals surface area (Å²) in [6.45, 7) is -0.299. The maximum Gasteiger partial charge on any atom is 0.275 e. The third-order valence-corrected chi connectivity index (χ3v) is 6.33. The maximum absolute atomic E-state index is 12.5. The second-order valence-corrected chi connectivity index (χ2v) is 9.08. The molecular formula is C14H17Cl3N2O4S. The third-order valence-electron chi connectivity index (χ3n) is 3.57. The van der Waals surface area contributed by atoms with Gasteiger partial charge in [-0.3, -0.25) is 9.80 Å². The normalized spacial score (nSPS) is 19.5. The fourth-order valence-electron chi connectivity index (χ4n) is 2.54. The predicted molar refractivity (Wildman–Crippen MR) is 94.6 cm³/mol. The minimum Gasteiger partial charge on any atom is -0.482 e. The van der Waals surface area contributed by atoms with Crippen molar-refractivity contribution in [1.82, 2.24) is 10.0 Å². The van der Waals surface area contributed by atoms with E-state index in [0.29, 0.717) is 6.42 Å². The summed E-state index contributed by atoms with van der Waals surface area (Å²) < 4.78 is 28.7. The van der Waals surface area contributed by atoms with Gasteiger partial charge in [0.1, 0.15) is 5.75 Å². The van der Waals surface area contributed by atoms with Crippen LogP contribution in [0.4, 0.5) is 0 Å². The summed E-state index contributed by atoms with van der Waals surface area (Å²) in [5.74, 6) is -0.111. The van der Waals surface area contributed by atoms with Crippen molar-refractivity contribution in [3.05, 3.63) is 27.2 Å². The average Bonchev–Trinajstić information content (AvgIpc) is 2.81. The van der Waals surface area contributed by atoms with Gasteiger partial charge in [0.05, 0.1) is 32.6 Å². The van der Waals surface area contributed by atoms with Gasteiger partial charge in [-0.05, 0) is 12.5 Å². The van der Waals surface area contributed by atoms with Crippen LogP contribution in [0.1, 0.15) is 6.42 Å². The van der Waals surface area contributed by atoms with Crippen molar-refractivity contribution in [3.63, 3.8) is 0 Å². The number of carbonyl (C=O) groups excluding carboxylic acids is 1. The van der Waals surface area contributed by atoms with Crippen LogP contribution in [0.25, 0.3) is 0 Å². The molecule has 1 aromatic rings. The number of ether oxygens (including phenoxy) is 1. The largest absolute Gasteiger partial charge is 0.482 e. The summed E-state index contributed by atoms with van der Waals surface area (Å²) in [6.07, 6.45) is 0.403. The molecule has 1 saturated heterocycles. The number of hydrogen-bond acceptors (Lipinski definition) is 5. The van der Waals surface area contributed by atoms with E-state index in [-0.39, 0.29) is 44.8 Å². The molecule has 0 aromatic heterocycles. The first kappa shape index (κ1) is 19.6. The smallest absolute Gasteiger partial charge is 0.275 e. The fraction of sp³-hybridized carbons (Fsp3) is 0.500. The lowest BCUT2D eigenvalue weighted by Gasteiger charge is -2.33. The van der Waals surface area contributed by atoms with Gasteiger partial charge in [0.2, 0.25) is 0 Å². The molecule has 0 radical (unpaired) electrons. The van der Waals surface area contributed by atoms with Gasteiger partial charge in [0.25, 0.3) is 5.91 Å². The number of nitrogens with zero attached hydrogens (tertiary/aromatic N) is 2. The van der Waals surface area contributed by atoms with Crippen molar-refractivity contribution in [2.45, 2.75) is 12.5 Å². The van der Waals surface area contributed by atoms with Crippen LogP contribution in [0.15, 0.2) is 12.1 Å². The molecule has 1 amide bonds. The van der Waals surface area contributed by atoms with Gasteiger partial charge in [-0.25, -0.2) is 13.4 Å². The molecule has 10 heteroatoms. The minimum atomic E-state index is -3.11. The van der Waals surface area contributed by atoms with Crippen molar-refractivity contribution in [2.24, 2.45) is 0 Å². The van der Waals surface area contributed by atoms with Gasteiger partial charge in [0, 0.05) is 20.2 Å². The molecule has 0 spiro atoms. The number of hydrogen-bond donors (Lipinski definition) is 0. The van der Waals surface area contributed by atoms with Gasteiger partial charge in [0.15, 0.2) is 16.4 Å². The van der Waals surface area contributed by atoms with E-state index in [2.05, 4.69) is 0 Å². The van der Waals surface area contributed by atoms with E-state index in [1.165, 1.54) is 17.1 Å². The summed E-state index contributed by atoms with van der Waals surface area (Å²) in [7, 11) is 0.245. The van der Waals surface area contributed by atoms with Crippen molar-refractivity contribution < 1.29 is 17.9 Å². The van der Waals surface area contributed by atoms with E-state index in [0.717, 1.165) is 0 Å². The molecule has 1 aromatic carbocycles. The zero-order valence-electron chi connectivity index (χ0n) is 13.1. The van der Waals surface area contributed by atoms with Crippen LogP contribution in [-0.2, 0) is 14.6 Å². The second-order valence-electron chi connectivity index (χ2n) is 5.63. The highest BCUT2D eigenvalue weighted by Gasteiger charge is 2.36. The van der Waals surface area contributed by atoms with E-state index in [1.807, 2.05) is 0 Å². The summed E-state index contributed by atoms with van der Waals surface area (Å²) in [5, 5.41) is 3.74. The third kappa shape index (κ3) is 4.67. The standard InChI is InChI=1S/C14H17Cl3N2O4S/c1-18(2)19(9-3-4-24(21,22)8-9)14(20)7-23-13-6-11(16)10(15)5-12(13)17/h5-6,9H,3-4,7-8H2,1-2H3/t9-/m1/s1. The zero-order valence-corrected chi connectivity index (χ0v) is 16.2. The first-order valence-corrected chi connectivity index (χ1v) is 10.0. The molecule has 6 nitrogen and oxygen atoms in total. The molecular weight excluding hydrogens is 399 g/mol. The van der Waals surface area contributed by atoms with Gasteiger partial charge in [-0.1, -0.05) is 34.8 Å². The van der Waals surface area contributed by atoms with Crippen LogP contribution in [-0.4, -0.2) is 62.6 Å². The number of carbonyl (C=O) groups is 1. The van der Waals surface area contributed by atoms with Gasteiger partial charge < -0.3 is 4.74 Å². The summed E-state index contributed by atoms with van der Waals surface area (Å²) in [6, 6.07) is 2.46. The number of amides is 1. The number of halogens is 3. The van der Waals surface area contributed by atoms with Gasteiger partial charge in [-0.15, -0.1) is 0 Å². The predicted octanol–water partition coefficient (Wildman–Crippen LogP) is 2.52. The van der Waals surface area contributed by atoms with Crippen LogP contribution in [0.3, 0.4) is 0 Å². The van der Waals surface area contributed by atoms with Crippen LogP contribution in [0.2, 0.25) is 15.1 Å². The van der Waals surface area contributed by atoms with Crippen molar-refractivity contribution in [2.75, 3.05) is 32.2 Å².